The second-order valence-corrected chi connectivity index (χ2v) is 14.1. The molecule has 0 bridgehead atoms. The second kappa shape index (κ2) is 13.0. The van der Waals surface area contributed by atoms with Crippen LogP contribution in [0.25, 0.3) is 88.0 Å². The van der Waals surface area contributed by atoms with Crippen LogP contribution in [0.5, 0.6) is 0 Å². The average Bonchev–Trinajstić information content (AvgIpc) is 3.66. The summed E-state index contributed by atoms with van der Waals surface area (Å²) in [6.07, 6.45) is 5.77. The number of fused-ring (bicyclic) bond motifs is 6. The van der Waals surface area contributed by atoms with Crippen LogP contribution < -0.4 is 4.90 Å². The maximum absolute atomic E-state index is 6.33. The number of furan rings is 1. The molecule has 4 heterocycles. The van der Waals surface area contributed by atoms with Crippen molar-refractivity contribution in [1.82, 2.24) is 15.0 Å². The normalized spacial score (nSPS) is 11.6. The minimum atomic E-state index is 0.806. The van der Waals surface area contributed by atoms with Crippen molar-refractivity contribution in [3.63, 3.8) is 0 Å². The van der Waals surface area contributed by atoms with Gasteiger partial charge in [0.25, 0.3) is 0 Å². The van der Waals surface area contributed by atoms with E-state index in [1.54, 1.807) is 0 Å². The summed E-state index contributed by atoms with van der Waals surface area (Å²) >= 11 is 0. The Balaban J connectivity index is 0.987. The third-order valence-electron chi connectivity index (χ3n) is 10.8. The third-order valence-corrected chi connectivity index (χ3v) is 10.8. The zero-order valence-corrected chi connectivity index (χ0v) is 30.2. The summed E-state index contributed by atoms with van der Waals surface area (Å²) in [4.78, 5) is 16.6. The second-order valence-electron chi connectivity index (χ2n) is 14.1. The fraction of sp³-hybridized carbons (Fsp3) is 0. The molecule has 5 heteroatoms. The van der Waals surface area contributed by atoms with E-state index in [0.29, 0.717) is 0 Å². The predicted octanol–water partition coefficient (Wildman–Crippen LogP) is 13.7. The Labute approximate surface area is 322 Å². The van der Waals surface area contributed by atoms with Gasteiger partial charge in [-0.1, -0.05) is 103 Å². The van der Waals surface area contributed by atoms with Gasteiger partial charge in [0.2, 0.25) is 0 Å². The molecule has 0 spiro atoms. The van der Waals surface area contributed by atoms with Crippen molar-refractivity contribution < 1.29 is 4.42 Å². The van der Waals surface area contributed by atoms with E-state index in [2.05, 4.69) is 149 Å². The molecule has 262 valence electrons. The fourth-order valence-electron chi connectivity index (χ4n) is 7.86. The number of benzene rings is 7. The van der Waals surface area contributed by atoms with Crippen molar-refractivity contribution in [2.45, 2.75) is 0 Å². The molecule has 7 aromatic carbocycles. The Bertz CT molecular complexity index is 3140. The zero-order valence-electron chi connectivity index (χ0n) is 30.2. The summed E-state index contributed by atoms with van der Waals surface area (Å²) in [7, 11) is 0. The minimum Gasteiger partial charge on any atom is -0.454 e. The molecular formula is C51H32N4O. The lowest BCUT2D eigenvalue weighted by atomic mass is 10.00. The Kier molecular flexibility index (Phi) is 7.42. The fourth-order valence-corrected chi connectivity index (χ4v) is 7.86. The first-order valence-corrected chi connectivity index (χ1v) is 18.7. The van der Waals surface area contributed by atoms with Crippen LogP contribution in [0.4, 0.5) is 17.1 Å². The molecule has 0 saturated heterocycles. The van der Waals surface area contributed by atoms with Gasteiger partial charge in [0, 0.05) is 68.5 Å². The summed E-state index contributed by atoms with van der Waals surface area (Å²) in [5, 5.41) is 7.92. The van der Waals surface area contributed by atoms with E-state index in [9.17, 15) is 0 Å². The van der Waals surface area contributed by atoms with Gasteiger partial charge in [0.15, 0.2) is 5.58 Å². The van der Waals surface area contributed by atoms with Crippen LogP contribution in [-0.2, 0) is 0 Å². The van der Waals surface area contributed by atoms with Gasteiger partial charge in [0.1, 0.15) is 11.1 Å². The molecule has 0 unspecified atom stereocenters. The predicted molar refractivity (Wildman–Crippen MR) is 231 cm³/mol. The number of hydrogen-bond acceptors (Lipinski definition) is 5. The smallest absolute Gasteiger partial charge is 0.161 e. The minimum absolute atomic E-state index is 0.806. The molecule has 0 aliphatic rings. The maximum atomic E-state index is 6.33. The van der Waals surface area contributed by atoms with Crippen LogP contribution in [0, 0.1) is 0 Å². The molecule has 0 N–H and O–H groups in total. The molecule has 56 heavy (non-hydrogen) atoms. The first-order chi connectivity index (χ1) is 27.7. The SMILES string of the molecule is c1ccc2cc(-c3ccc(N(c4ccc(-c5cc6ccccc6cn5)cc4)c4ccc5cc(-c6ccnc7c6oc6ccccc67)ccc5c4)cc3)ncc2c1. The van der Waals surface area contributed by atoms with Crippen molar-refractivity contribution in [3.8, 4) is 33.6 Å². The van der Waals surface area contributed by atoms with Gasteiger partial charge in [-0.3, -0.25) is 15.0 Å². The molecule has 5 nitrogen and oxygen atoms in total. The van der Waals surface area contributed by atoms with Crippen molar-refractivity contribution >= 4 is 71.4 Å². The van der Waals surface area contributed by atoms with Crippen LogP contribution in [-0.4, -0.2) is 15.0 Å². The Morgan fingerprint density at radius 2 is 0.911 bits per heavy atom. The number of nitrogens with zero attached hydrogens (tertiary/aromatic N) is 4. The highest BCUT2D eigenvalue weighted by Crippen LogP contribution is 2.40. The highest BCUT2D eigenvalue weighted by atomic mass is 16.3. The Hall–Kier alpha value is -7.63. The molecule has 0 aliphatic heterocycles. The standard InChI is InChI=1S/C51H32N4O/c1-3-9-40-31-53-47(29-35(40)7-1)33-15-20-42(21-16-33)55(43-22-17-34(18-23-43)48-30-36-8-2-4-10-41(36)32-54-48)44-24-19-37-27-39(14-13-38(37)28-44)45-25-26-52-50-46-11-5-6-12-49(46)56-51(45)50/h1-32H. The summed E-state index contributed by atoms with van der Waals surface area (Å²) in [5.41, 5.74) is 11.8. The van der Waals surface area contributed by atoms with Gasteiger partial charge in [-0.25, -0.2) is 0 Å². The topological polar surface area (TPSA) is 55.1 Å². The molecule has 0 amide bonds. The van der Waals surface area contributed by atoms with E-state index in [1.165, 1.54) is 10.8 Å². The maximum Gasteiger partial charge on any atom is 0.161 e. The number of aromatic nitrogens is 3. The van der Waals surface area contributed by atoms with Crippen LogP contribution in [0.15, 0.2) is 199 Å². The molecule has 0 atom stereocenters. The molecule has 0 aliphatic carbocycles. The molecule has 0 fully saturated rings. The van der Waals surface area contributed by atoms with Gasteiger partial charge < -0.3 is 9.32 Å². The lowest BCUT2D eigenvalue weighted by molar-refractivity contribution is 0.669. The van der Waals surface area contributed by atoms with E-state index in [1.807, 2.05) is 55.0 Å². The number of anilines is 3. The lowest BCUT2D eigenvalue weighted by Gasteiger charge is -2.26. The molecule has 11 aromatic rings. The molecular weight excluding hydrogens is 685 g/mol. The van der Waals surface area contributed by atoms with Gasteiger partial charge >= 0.3 is 0 Å². The number of pyridine rings is 3. The van der Waals surface area contributed by atoms with Gasteiger partial charge in [-0.2, -0.15) is 0 Å². The van der Waals surface area contributed by atoms with E-state index in [-0.39, 0.29) is 0 Å². The Morgan fingerprint density at radius 1 is 0.393 bits per heavy atom. The van der Waals surface area contributed by atoms with Crippen LogP contribution in [0.1, 0.15) is 0 Å². The monoisotopic (exact) mass is 716 g/mol. The summed E-state index contributed by atoms with van der Waals surface area (Å²) in [5.74, 6) is 0. The zero-order chi connectivity index (χ0) is 37.0. The lowest BCUT2D eigenvalue weighted by Crippen LogP contribution is -2.10. The van der Waals surface area contributed by atoms with Gasteiger partial charge in [-0.15, -0.1) is 0 Å². The highest BCUT2D eigenvalue weighted by Gasteiger charge is 2.17. The molecule has 0 saturated carbocycles. The van der Waals surface area contributed by atoms with E-state index in [4.69, 9.17) is 14.4 Å². The largest absolute Gasteiger partial charge is 0.454 e. The van der Waals surface area contributed by atoms with Crippen molar-refractivity contribution in [1.29, 1.82) is 0 Å². The number of hydrogen-bond donors (Lipinski definition) is 0. The van der Waals surface area contributed by atoms with E-state index >= 15 is 0 Å². The highest BCUT2D eigenvalue weighted by molar-refractivity contribution is 6.07. The van der Waals surface area contributed by atoms with Crippen LogP contribution >= 0.6 is 0 Å². The molecule has 4 aromatic heterocycles. The first-order valence-electron chi connectivity index (χ1n) is 18.7. The van der Waals surface area contributed by atoms with Crippen LogP contribution in [0.3, 0.4) is 0 Å². The summed E-state index contributed by atoms with van der Waals surface area (Å²) in [6.45, 7) is 0. The van der Waals surface area contributed by atoms with Gasteiger partial charge in [-0.05, 0) is 99.9 Å². The van der Waals surface area contributed by atoms with E-state index in [0.717, 1.165) is 94.3 Å². The van der Waals surface area contributed by atoms with Crippen molar-refractivity contribution in [2.75, 3.05) is 4.90 Å². The molecule has 11 rings (SSSR count). The third kappa shape index (κ3) is 5.53. The summed E-state index contributed by atoms with van der Waals surface area (Å²) < 4.78 is 6.33. The van der Waals surface area contributed by atoms with Crippen molar-refractivity contribution in [2.24, 2.45) is 0 Å². The summed E-state index contributed by atoms with van der Waals surface area (Å²) in [6, 6.07) is 61.8. The Morgan fingerprint density at radius 3 is 1.57 bits per heavy atom. The van der Waals surface area contributed by atoms with Crippen molar-refractivity contribution in [3.05, 3.63) is 195 Å². The van der Waals surface area contributed by atoms with Crippen LogP contribution in [0.2, 0.25) is 0 Å². The van der Waals surface area contributed by atoms with E-state index < -0.39 is 0 Å². The number of para-hydroxylation sites is 1. The number of rotatable bonds is 6. The van der Waals surface area contributed by atoms with Gasteiger partial charge in [0.05, 0.1) is 11.4 Å². The average molecular weight is 717 g/mol. The molecule has 0 radical (unpaired) electrons. The quantitative estimate of drug-likeness (QED) is 0.171. The first kappa shape index (κ1) is 31.9.